The number of anilines is 2. The molecule has 0 unspecified atom stereocenters. The Balaban J connectivity index is 1.57. The van der Waals surface area contributed by atoms with Gasteiger partial charge in [-0.25, -0.2) is 4.79 Å². The Bertz CT molecular complexity index is 1600. The molecule has 2 aliphatic rings. The van der Waals surface area contributed by atoms with Crippen molar-refractivity contribution < 1.29 is 9.59 Å². The highest BCUT2D eigenvalue weighted by atomic mass is 16.2. The van der Waals surface area contributed by atoms with Gasteiger partial charge < -0.3 is 16.0 Å². The number of para-hydroxylation sites is 1. The average Bonchev–Trinajstić information content (AvgIpc) is 3.69. The molecular formula is C27H31N7O4. The summed E-state index contributed by atoms with van der Waals surface area (Å²) in [5, 5.41) is 2.81. The Kier molecular flexibility index (Phi) is 6.91. The lowest BCUT2D eigenvalue weighted by Crippen LogP contribution is -2.44. The van der Waals surface area contributed by atoms with Crippen LogP contribution in [-0.2, 0) is 24.9 Å². The number of aromatic nitrogens is 4. The molecule has 1 aliphatic carbocycles. The molecule has 0 spiro atoms. The van der Waals surface area contributed by atoms with E-state index in [4.69, 9.17) is 5.73 Å². The molecule has 1 saturated carbocycles. The highest BCUT2D eigenvalue weighted by Gasteiger charge is 2.31. The molecule has 38 heavy (non-hydrogen) atoms. The lowest BCUT2D eigenvalue weighted by Gasteiger charge is -2.31. The standard InChI is InChI=1S/C27H31N7O4/c1-3-4-14-33-22-23(30-26(33)32-13-7-8-18(28)15-32)31(2)27(38)34(25(22)37)16-21(35)19-9-5-6-10-20(19)29-24(36)17-11-12-17/h5-6,9-10,17-18H,7-8,11-16,28H2,1-2H3,(H,29,36)/t18-/m0/s1. The molecule has 1 atom stereocenters. The minimum atomic E-state index is -0.650. The van der Waals surface area contributed by atoms with Gasteiger partial charge in [-0.1, -0.05) is 18.1 Å². The third-order valence-corrected chi connectivity index (χ3v) is 7.10. The van der Waals surface area contributed by atoms with Crippen molar-refractivity contribution in [1.29, 1.82) is 0 Å². The maximum atomic E-state index is 13.7. The predicted molar refractivity (Wildman–Crippen MR) is 144 cm³/mol. The summed E-state index contributed by atoms with van der Waals surface area (Å²) in [6, 6.07) is 6.60. The smallest absolute Gasteiger partial charge is 0.332 e. The van der Waals surface area contributed by atoms with Gasteiger partial charge in [0, 0.05) is 37.7 Å². The van der Waals surface area contributed by atoms with Crippen molar-refractivity contribution in [3.05, 3.63) is 50.7 Å². The zero-order valence-corrected chi connectivity index (χ0v) is 21.6. The number of aryl methyl sites for hydroxylation is 1. The number of rotatable bonds is 7. The molecule has 1 amide bonds. The molecule has 3 N–H and O–H groups in total. The van der Waals surface area contributed by atoms with Crippen molar-refractivity contribution in [3.8, 4) is 11.8 Å². The molecule has 1 aliphatic heterocycles. The molecular weight excluding hydrogens is 486 g/mol. The first-order chi connectivity index (χ1) is 18.3. The molecule has 0 radical (unpaired) electrons. The molecule has 2 aromatic heterocycles. The second-order valence-electron chi connectivity index (χ2n) is 9.91. The Morgan fingerprint density at radius 2 is 1.92 bits per heavy atom. The summed E-state index contributed by atoms with van der Waals surface area (Å²) in [6.07, 6.45) is 3.45. The van der Waals surface area contributed by atoms with E-state index in [1.165, 1.54) is 11.6 Å². The van der Waals surface area contributed by atoms with E-state index in [9.17, 15) is 19.2 Å². The van der Waals surface area contributed by atoms with Crippen LogP contribution in [0.5, 0.6) is 0 Å². The summed E-state index contributed by atoms with van der Waals surface area (Å²) in [6.45, 7) is 2.73. The largest absolute Gasteiger partial charge is 0.341 e. The van der Waals surface area contributed by atoms with Crippen molar-refractivity contribution >= 4 is 34.5 Å². The van der Waals surface area contributed by atoms with E-state index in [1.54, 1.807) is 35.8 Å². The van der Waals surface area contributed by atoms with Gasteiger partial charge in [0.25, 0.3) is 5.56 Å². The van der Waals surface area contributed by atoms with E-state index < -0.39 is 23.6 Å². The summed E-state index contributed by atoms with van der Waals surface area (Å²) in [7, 11) is 1.53. The molecule has 198 valence electrons. The van der Waals surface area contributed by atoms with Crippen LogP contribution >= 0.6 is 0 Å². The van der Waals surface area contributed by atoms with Gasteiger partial charge in [-0.2, -0.15) is 4.98 Å². The molecule has 0 bridgehead atoms. The van der Waals surface area contributed by atoms with Gasteiger partial charge in [-0.3, -0.25) is 28.1 Å². The SMILES string of the molecule is CC#CCn1c(N2CCC[C@H](N)C2)nc2c1c(=O)n(CC(=O)c1ccccc1NC(=O)C1CC1)c(=O)n2C. The highest BCUT2D eigenvalue weighted by Crippen LogP contribution is 2.31. The van der Waals surface area contributed by atoms with Crippen molar-refractivity contribution in [2.24, 2.45) is 18.7 Å². The summed E-state index contributed by atoms with van der Waals surface area (Å²) < 4.78 is 3.91. The van der Waals surface area contributed by atoms with Crippen LogP contribution in [0.2, 0.25) is 0 Å². The molecule has 1 aromatic carbocycles. The number of nitrogens with zero attached hydrogens (tertiary/aromatic N) is 5. The fourth-order valence-corrected chi connectivity index (χ4v) is 4.88. The Morgan fingerprint density at radius 1 is 1.16 bits per heavy atom. The van der Waals surface area contributed by atoms with Crippen LogP contribution in [0.3, 0.4) is 0 Å². The van der Waals surface area contributed by atoms with Gasteiger partial charge in [-0.15, -0.1) is 5.92 Å². The third kappa shape index (κ3) is 4.75. The number of nitrogens with one attached hydrogen (secondary N) is 1. The van der Waals surface area contributed by atoms with Crippen LogP contribution < -0.4 is 27.2 Å². The van der Waals surface area contributed by atoms with Gasteiger partial charge in [-0.05, 0) is 44.7 Å². The zero-order chi connectivity index (χ0) is 27.0. The van der Waals surface area contributed by atoms with Crippen LogP contribution in [0.1, 0.15) is 43.0 Å². The van der Waals surface area contributed by atoms with Gasteiger partial charge in [0.15, 0.2) is 16.9 Å². The second-order valence-corrected chi connectivity index (χ2v) is 9.91. The fourth-order valence-electron chi connectivity index (χ4n) is 4.88. The van der Waals surface area contributed by atoms with Crippen LogP contribution in [0.4, 0.5) is 11.6 Å². The van der Waals surface area contributed by atoms with Crippen LogP contribution in [-0.4, -0.2) is 49.5 Å². The number of hydrogen-bond donors (Lipinski definition) is 2. The fraction of sp³-hybridized carbons (Fsp3) is 0.444. The van der Waals surface area contributed by atoms with Crippen molar-refractivity contribution in [3.63, 3.8) is 0 Å². The Hall–Kier alpha value is -4.17. The first-order valence-corrected chi connectivity index (χ1v) is 12.8. The van der Waals surface area contributed by atoms with Crippen LogP contribution in [0.15, 0.2) is 33.9 Å². The Labute approximate surface area is 219 Å². The van der Waals surface area contributed by atoms with E-state index in [0.717, 1.165) is 36.8 Å². The van der Waals surface area contributed by atoms with E-state index in [-0.39, 0.29) is 41.1 Å². The molecule has 1 saturated heterocycles. The molecule has 11 nitrogen and oxygen atoms in total. The number of piperidine rings is 1. The molecule has 11 heteroatoms. The maximum Gasteiger partial charge on any atom is 0.332 e. The minimum Gasteiger partial charge on any atom is -0.341 e. The van der Waals surface area contributed by atoms with E-state index in [1.807, 2.05) is 4.90 Å². The number of benzene rings is 1. The highest BCUT2D eigenvalue weighted by molar-refractivity contribution is 6.05. The molecule has 2 fully saturated rings. The number of carbonyl (C=O) groups excluding carboxylic acids is 2. The lowest BCUT2D eigenvalue weighted by atomic mass is 10.1. The second kappa shape index (κ2) is 10.3. The van der Waals surface area contributed by atoms with E-state index in [2.05, 4.69) is 22.1 Å². The number of imidazole rings is 1. The number of fused-ring (bicyclic) bond motifs is 1. The monoisotopic (exact) mass is 517 g/mol. The topological polar surface area (TPSA) is 137 Å². The van der Waals surface area contributed by atoms with Gasteiger partial charge in [0.05, 0.1) is 18.8 Å². The van der Waals surface area contributed by atoms with Crippen molar-refractivity contribution in [1.82, 2.24) is 18.7 Å². The number of hydrogen-bond acceptors (Lipinski definition) is 7. The molecule has 3 aromatic rings. The molecule has 3 heterocycles. The average molecular weight is 518 g/mol. The van der Waals surface area contributed by atoms with Gasteiger partial charge in [0.2, 0.25) is 11.9 Å². The number of amides is 1. The summed E-state index contributed by atoms with van der Waals surface area (Å²) in [5.74, 6) is 5.74. The quantitative estimate of drug-likeness (QED) is 0.353. The first kappa shape index (κ1) is 25.5. The summed E-state index contributed by atoms with van der Waals surface area (Å²) in [5.41, 5.74) is 5.97. The Morgan fingerprint density at radius 3 is 2.63 bits per heavy atom. The lowest BCUT2D eigenvalue weighted by molar-refractivity contribution is -0.117. The number of ketones is 1. The first-order valence-electron chi connectivity index (χ1n) is 12.8. The van der Waals surface area contributed by atoms with E-state index >= 15 is 0 Å². The zero-order valence-electron chi connectivity index (χ0n) is 21.6. The normalized spacial score (nSPS) is 17.2. The number of nitrogens with two attached hydrogens (primary N) is 1. The van der Waals surface area contributed by atoms with Gasteiger partial charge in [0.1, 0.15) is 0 Å². The van der Waals surface area contributed by atoms with Crippen LogP contribution in [0, 0.1) is 17.8 Å². The van der Waals surface area contributed by atoms with Crippen LogP contribution in [0.25, 0.3) is 11.2 Å². The van der Waals surface area contributed by atoms with Crippen molar-refractivity contribution in [2.45, 2.75) is 51.7 Å². The molecule has 5 rings (SSSR count). The predicted octanol–water partition coefficient (Wildman–Crippen LogP) is 1.08. The summed E-state index contributed by atoms with van der Waals surface area (Å²) in [4.78, 5) is 59.4. The van der Waals surface area contributed by atoms with Crippen molar-refractivity contribution in [2.75, 3.05) is 23.3 Å². The maximum absolute atomic E-state index is 13.7. The van der Waals surface area contributed by atoms with E-state index in [0.29, 0.717) is 18.2 Å². The number of carbonyl (C=O) groups is 2. The summed E-state index contributed by atoms with van der Waals surface area (Å²) >= 11 is 0. The van der Waals surface area contributed by atoms with Gasteiger partial charge >= 0.3 is 5.69 Å². The third-order valence-electron chi connectivity index (χ3n) is 7.10. The minimum absolute atomic E-state index is 0.0205. The number of Topliss-reactive ketones (excluding diaryl/α,β-unsaturated/α-hetero) is 1.